The van der Waals surface area contributed by atoms with Crippen LogP contribution in [0.15, 0.2) is 12.3 Å². The number of hydrogen-bond donors (Lipinski definition) is 1. The van der Waals surface area contributed by atoms with E-state index in [1.807, 2.05) is 0 Å². The molecule has 0 spiro atoms. The van der Waals surface area contributed by atoms with E-state index < -0.39 is 6.09 Å². The summed E-state index contributed by atoms with van der Waals surface area (Å²) in [4.78, 5) is 34.3. The maximum atomic E-state index is 13.4. The number of fused-ring (bicyclic) bond motifs is 2. The number of rotatable bonds is 2. The Hall–Kier alpha value is -2.55. The van der Waals surface area contributed by atoms with Crippen LogP contribution < -0.4 is 9.64 Å². The Morgan fingerprint density at radius 2 is 2.15 bits per heavy atom. The number of carboxylic acid groups (broad SMARTS) is 1. The number of amides is 2. The lowest BCUT2D eigenvalue weighted by Gasteiger charge is -2.38. The third-order valence-electron chi connectivity index (χ3n) is 5.81. The second-order valence-corrected chi connectivity index (χ2v) is 7.20. The number of hydrogen-bond acceptors (Lipinski definition) is 6. The van der Waals surface area contributed by atoms with E-state index in [1.165, 1.54) is 4.90 Å². The highest BCUT2D eigenvalue weighted by Crippen LogP contribution is 2.36. The van der Waals surface area contributed by atoms with Crippen molar-refractivity contribution in [3.05, 3.63) is 17.8 Å². The molecule has 146 valence electrons. The molecule has 1 aromatic rings. The van der Waals surface area contributed by atoms with Crippen LogP contribution in [-0.2, 0) is 4.74 Å². The van der Waals surface area contributed by atoms with Crippen LogP contribution in [0.1, 0.15) is 23.7 Å². The summed E-state index contributed by atoms with van der Waals surface area (Å²) in [6, 6.07) is 1.51. The van der Waals surface area contributed by atoms with Gasteiger partial charge in [0, 0.05) is 39.5 Å². The third kappa shape index (κ3) is 2.95. The molecule has 0 radical (unpaired) electrons. The second kappa shape index (κ2) is 6.88. The van der Waals surface area contributed by atoms with Crippen LogP contribution in [-0.4, -0.2) is 90.0 Å². The molecule has 0 saturated carbocycles. The van der Waals surface area contributed by atoms with Crippen molar-refractivity contribution in [3.63, 3.8) is 0 Å². The molecule has 2 amide bonds. The first-order valence-corrected chi connectivity index (χ1v) is 9.21. The standard InChI is InChI=1S/C18H24N4O5/c1-11-13(26-2)4-6-21(11)16-15-14(3-5-19-16)27-10-12-9-20(18(24)25)7-8-22(12)17(15)23/h3,5,11-13H,4,6-10H2,1-2H3,(H,24,25)/t11-,12?,13-/m0/s1. The van der Waals surface area contributed by atoms with E-state index >= 15 is 0 Å². The molecule has 27 heavy (non-hydrogen) atoms. The first kappa shape index (κ1) is 17.8. The molecule has 4 heterocycles. The molecule has 4 rings (SSSR count). The molecule has 0 aliphatic carbocycles. The van der Waals surface area contributed by atoms with Crippen LogP contribution >= 0.6 is 0 Å². The summed E-state index contributed by atoms with van der Waals surface area (Å²) in [5.41, 5.74) is 0.465. The van der Waals surface area contributed by atoms with E-state index in [1.54, 1.807) is 24.3 Å². The molecule has 9 heteroatoms. The van der Waals surface area contributed by atoms with Gasteiger partial charge in [0.2, 0.25) is 0 Å². The molecule has 0 bridgehead atoms. The van der Waals surface area contributed by atoms with Gasteiger partial charge in [0.25, 0.3) is 5.91 Å². The third-order valence-corrected chi connectivity index (χ3v) is 5.81. The topological polar surface area (TPSA) is 95.4 Å². The first-order valence-electron chi connectivity index (χ1n) is 9.21. The molecule has 0 aromatic carbocycles. The van der Waals surface area contributed by atoms with Crippen molar-refractivity contribution in [2.45, 2.75) is 31.5 Å². The predicted molar refractivity (Wildman–Crippen MR) is 96.4 cm³/mol. The summed E-state index contributed by atoms with van der Waals surface area (Å²) in [5.74, 6) is 0.980. The Morgan fingerprint density at radius 3 is 2.85 bits per heavy atom. The fraction of sp³-hybridized carbons (Fsp3) is 0.611. The molecular weight excluding hydrogens is 352 g/mol. The normalized spacial score (nSPS) is 27.7. The van der Waals surface area contributed by atoms with Crippen LogP contribution in [0.4, 0.5) is 10.6 Å². The summed E-state index contributed by atoms with van der Waals surface area (Å²) in [5, 5.41) is 9.26. The number of aromatic nitrogens is 1. The van der Waals surface area contributed by atoms with Gasteiger partial charge < -0.3 is 29.3 Å². The Bertz CT molecular complexity index is 757. The van der Waals surface area contributed by atoms with Crippen LogP contribution in [0, 0.1) is 0 Å². The van der Waals surface area contributed by atoms with E-state index in [2.05, 4.69) is 16.8 Å². The zero-order valence-electron chi connectivity index (χ0n) is 15.5. The van der Waals surface area contributed by atoms with Crippen LogP contribution in [0.5, 0.6) is 5.75 Å². The summed E-state index contributed by atoms with van der Waals surface area (Å²) in [6.45, 7) is 3.99. The van der Waals surface area contributed by atoms with Crippen molar-refractivity contribution in [1.82, 2.24) is 14.8 Å². The predicted octanol–water partition coefficient (Wildman–Crippen LogP) is 0.892. The minimum absolute atomic E-state index is 0.0938. The molecule has 1 N–H and O–H groups in total. The summed E-state index contributed by atoms with van der Waals surface area (Å²) in [7, 11) is 1.70. The quantitative estimate of drug-likeness (QED) is 0.819. The average molecular weight is 376 g/mol. The minimum atomic E-state index is -0.970. The van der Waals surface area contributed by atoms with Crippen molar-refractivity contribution < 1.29 is 24.2 Å². The lowest BCUT2D eigenvalue weighted by atomic mass is 10.1. The Labute approximate surface area is 157 Å². The monoisotopic (exact) mass is 376 g/mol. The van der Waals surface area contributed by atoms with Crippen LogP contribution in [0.25, 0.3) is 0 Å². The molecule has 9 nitrogen and oxygen atoms in total. The smallest absolute Gasteiger partial charge is 0.407 e. The van der Waals surface area contributed by atoms with Crippen LogP contribution in [0.3, 0.4) is 0 Å². The Kier molecular flexibility index (Phi) is 4.55. The van der Waals surface area contributed by atoms with Gasteiger partial charge in [-0.2, -0.15) is 0 Å². The largest absolute Gasteiger partial charge is 0.490 e. The van der Waals surface area contributed by atoms with Gasteiger partial charge in [0.1, 0.15) is 23.7 Å². The highest BCUT2D eigenvalue weighted by molar-refractivity contribution is 6.02. The van der Waals surface area contributed by atoms with Crippen molar-refractivity contribution >= 4 is 17.8 Å². The molecule has 3 aliphatic rings. The fourth-order valence-corrected chi connectivity index (χ4v) is 4.27. The summed E-state index contributed by atoms with van der Waals surface area (Å²) < 4.78 is 11.5. The van der Waals surface area contributed by atoms with E-state index in [9.17, 15) is 14.7 Å². The highest BCUT2D eigenvalue weighted by atomic mass is 16.5. The number of carbonyl (C=O) groups is 2. The molecular formula is C18H24N4O5. The Balaban J connectivity index is 1.67. The van der Waals surface area contributed by atoms with Gasteiger partial charge in [-0.05, 0) is 19.4 Å². The van der Waals surface area contributed by atoms with E-state index in [-0.39, 0.29) is 37.2 Å². The zero-order chi connectivity index (χ0) is 19.1. The van der Waals surface area contributed by atoms with Crippen molar-refractivity contribution in [1.29, 1.82) is 0 Å². The zero-order valence-corrected chi connectivity index (χ0v) is 15.5. The molecule has 1 aromatic heterocycles. The number of carbonyl (C=O) groups excluding carboxylic acids is 1. The van der Waals surface area contributed by atoms with Gasteiger partial charge in [-0.1, -0.05) is 0 Å². The second-order valence-electron chi connectivity index (χ2n) is 7.20. The van der Waals surface area contributed by atoms with Gasteiger partial charge in [-0.3, -0.25) is 4.79 Å². The van der Waals surface area contributed by atoms with Crippen LogP contribution in [0.2, 0.25) is 0 Å². The number of methoxy groups -OCH3 is 1. The Morgan fingerprint density at radius 1 is 1.33 bits per heavy atom. The van der Waals surface area contributed by atoms with Gasteiger partial charge in [-0.15, -0.1) is 0 Å². The lowest BCUT2D eigenvalue weighted by Crippen LogP contribution is -2.57. The maximum absolute atomic E-state index is 13.4. The number of anilines is 1. The van der Waals surface area contributed by atoms with Gasteiger partial charge in [0.15, 0.2) is 0 Å². The summed E-state index contributed by atoms with van der Waals surface area (Å²) in [6.07, 6.45) is 1.65. The number of piperazine rings is 1. The van der Waals surface area contributed by atoms with Crippen molar-refractivity contribution in [3.8, 4) is 5.75 Å². The lowest BCUT2D eigenvalue weighted by molar-refractivity contribution is 0.0390. The molecule has 1 unspecified atom stereocenters. The highest BCUT2D eigenvalue weighted by Gasteiger charge is 2.41. The molecule has 3 atom stereocenters. The van der Waals surface area contributed by atoms with Gasteiger partial charge in [0.05, 0.1) is 18.2 Å². The SMILES string of the molecule is CO[C@H]1CCN(c2nccc3c2C(=O)N2CCN(C(=O)O)CC2CO3)[C@H]1C. The summed E-state index contributed by atoms with van der Waals surface area (Å²) >= 11 is 0. The number of pyridine rings is 1. The van der Waals surface area contributed by atoms with Gasteiger partial charge in [-0.25, -0.2) is 9.78 Å². The van der Waals surface area contributed by atoms with Crippen molar-refractivity contribution in [2.24, 2.45) is 0 Å². The molecule has 3 aliphatic heterocycles. The maximum Gasteiger partial charge on any atom is 0.407 e. The molecule has 2 fully saturated rings. The van der Waals surface area contributed by atoms with E-state index in [0.717, 1.165) is 13.0 Å². The first-order chi connectivity index (χ1) is 13.0. The average Bonchev–Trinajstić information content (AvgIpc) is 2.98. The fourth-order valence-electron chi connectivity index (χ4n) is 4.27. The van der Waals surface area contributed by atoms with Crippen molar-refractivity contribution in [2.75, 3.05) is 44.8 Å². The van der Waals surface area contributed by atoms with E-state index in [0.29, 0.717) is 30.2 Å². The minimum Gasteiger partial charge on any atom is -0.490 e. The van der Waals surface area contributed by atoms with Gasteiger partial charge >= 0.3 is 6.09 Å². The van der Waals surface area contributed by atoms with E-state index in [4.69, 9.17) is 9.47 Å². The molecule has 2 saturated heterocycles. The number of nitrogens with zero attached hydrogens (tertiary/aromatic N) is 4. The number of ether oxygens (including phenoxy) is 2.